The van der Waals surface area contributed by atoms with Crippen molar-refractivity contribution in [2.75, 3.05) is 6.61 Å². The Bertz CT molecular complexity index is 803. The lowest BCUT2D eigenvalue weighted by Gasteiger charge is -2.09. The molecule has 2 aliphatic rings. The molecule has 0 aliphatic carbocycles. The zero-order chi connectivity index (χ0) is 16.2. The minimum absolute atomic E-state index is 0.256. The van der Waals surface area contributed by atoms with Crippen molar-refractivity contribution in [3.63, 3.8) is 0 Å². The van der Waals surface area contributed by atoms with Gasteiger partial charge in [-0.05, 0) is 30.3 Å². The predicted molar refractivity (Wildman–Crippen MR) is 89.0 cm³/mol. The molecule has 0 N–H and O–H groups in total. The van der Waals surface area contributed by atoms with Gasteiger partial charge in [0, 0.05) is 0 Å². The van der Waals surface area contributed by atoms with E-state index < -0.39 is 0 Å². The normalized spacial score (nSPS) is 18.6. The summed E-state index contributed by atoms with van der Waals surface area (Å²) in [6, 6.07) is 11.5. The first-order valence-electron chi connectivity index (χ1n) is 6.91. The molecule has 114 valence electrons. The molecule has 2 aliphatic heterocycles. The van der Waals surface area contributed by atoms with Gasteiger partial charge in [-0.1, -0.05) is 30.3 Å². The molecule has 0 unspecified atom stereocenters. The number of nitriles is 1. The fraction of sp³-hybridized carbons (Fsp3) is 0.125. The number of amides is 1. The van der Waals surface area contributed by atoms with Gasteiger partial charge >= 0.3 is 0 Å². The van der Waals surface area contributed by atoms with Gasteiger partial charge in [0.15, 0.2) is 17.4 Å². The van der Waals surface area contributed by atoms with E-state index >= 15 is 0 Å². The number of carbonyl (C=O) groups excluding carboxylic acids is 1. The molecule has 0 atom stereocenters. The largest absolute Gasteiger partial charge is 0.483 e. The fourth-order valence-electron chi connectivity index (χ4n) is 2.05. The molecule has 0 bridgehead atoms. The van der Waals surface area contributed by atoms with Gasteiger partial charge in [0.2, 0.25) is 0 Å². The predicted octanol–water partition coefficient (Wildman–Crippen LogP) is 2.73. The smallest absolute Gasteiger partial charge is 0.284 e. The van der Waals surface area contributed by atoms with Crippen LogP contribution in [0.1, 0.15) is 12.5 Å². The Morgan fingerprint density at radius 2 is 2.22 bits per heavy atom. The molecule has 1 aromatic carbocycles. The molecule has 0 radical (unpaired) electrons. The van der Waals surface area contributed by atoms with Crippen LogP contribution in [0.4, 0.5) is 0 Å². The number of benzene rings is 1. The van der Waals surface area contributed by atoms with E-state index in [0.717, 1.165) is 17.3 Å². The molecule has 0 saturated carbocycles. The van der Waals surface area contributed by atoms with Crippen LogP contribution in [-0.2, 0) is 9.53 Å². The number of hydrogen-bond acceptors (Lipinski definition) is 6. The maximum atomic E-state index is 12.6. The number of nitrogens with zero attached hydrogens (tertiary/aromatic N) is 4. The van der Waals surface area contributed by atoms with Crippen LogP contribution in [0.3, 0.4) is 0 Å². The maximum absolute atomic E-state index is 12.6. The van der Waals surface area contributed by atoms with E-state index in [2.05, 4.69) is 9.98 Å². The first kappa shape index (κ1) is 15.1. The van der Waals surface area contributed by atoms with Crippen molar-refractivity contribution < 1.29 is 9.53 Å². The number of fused-ring (bicyclic) bond motifs is 1. The Hall–Kier alpha value is -2.85. The van der Waals surface area contributed by atoms with Crippen LogP contribution >= 0.6 is 11.8 Å². The van der Waals surface area contributed by atoms with Crippen molar-refractivity contribution in [2.45, 2.75) is 6.92 Å². The summed E-state index contributed by atoms with van der Waals surface area (Å²) in [4.78, 5) is 22.6. The summed E-state index contributed by atoms with van der Waals surface area (Å²) in [6.45, 7) is 2.28. The number of carbonyl (C=O) groups is 1. The molecule has 0 fully saturated rings. The molecule has 3 rings (SSSR count). The van der Waals surface area contributed by atoms with Gasteiger partial charge in [0.25, 0.3) is 5.91 Å². The zero-order valence-electron chi connectivity index (χ0n) is 12.3. The summed E-state index contributed by atoms with van der Waals surface area (Å²) in [5.74, 6) is -0.0450. The number of aliphatic imine (C=N–C) groups is 2. The van der Waals surface area contributed by atoms with Crippen LogP contribution < -0.4 is 0 Å². The molecule has 1 aromatic rings. The van der Waals surface area contributed by atoms with Gasteiger partial charge in [0.1, 0.15) is 16.7 Å². The summed E-state index contributed by atoms with van der Waals surface area (Å²) in [7, 11) is 0. The summed E-state index contributed by atoms with van der Waals surface area (Å²) >= 11 is 1.13. The molecular weight excluding hydrogens is 312 g/mol. The molecule has 1 amide bonds. The minimum Gasteiger partial charge on any atom is -0.483 e. The number of thioether (sulfide) groups is 1. The van der Waals surface area contributed by atoms with Crippen molar-refractivity contribution in [1.29, 1.82) is 5.26 Å². The lowest BCUT2D eigenvalue weighted by atomic mass is 10.2. The van der Waals surface area contributed by atoms with Gasteiger partial charge in [-0.2, -0.15) is 5.26 Å². The Morgan fingerprint density at radius 3 is 2.91 bits per heavy atom. The monoisotopic (exact) mass is 324 g/mol. The van der Waals surface area contributed by atoms with E-state index in [4.69, 9.17) is 4.74 Å². The first-order valence-corrected chi connectivity index (χ1v) is 7.72. The molecule has 0 saturated heterocycles. The fourth-order valence-corrected chi connectivity index (χ4v) is 2.92. The summed E-state index contributed by atoms with van der Waals surface area (Å²) < 4.78 is 5.06. The Labute approximate surface area is 137 Å². The molecule has 0 spiro atoms. The number of rotatable bonds is 4. The molecule has 2 heterocycles. The van der Waals surface area contributed by atoms with Crippen LogP contribution in [0.25, 0.3) is 6.08 Å². The van der Waals surface area contributed by atoms with Gasteiger partial charge in [-0.15, -0.1) is 0 Å². The third-order valence-electron chi connectivity index (χ3n) is 3.06. The van der Waals surface area contributed by atoms with Gasteiger partial charge in [-0.25, -0.2) is 14.9 Å². The second kappa shape index (κ2) is 6.50. The third-order valence-corrected chi connectivity index (χ3v) is 3.99. The summed E-state index contributed by atoms with van der Waals surface area (Å²) in [5.41, 5.74) is 1.20. The van der Waals surface area contributed by atoms with Crippen molar-refractivity contribution >= 4 is 35.3 Å². The van der Waals surface area contributed by atoms with Crippen LogP contribution in [0.2, 0.25) is 0 Å². The van der Waals surface area contributed by atoms with Crippen LogP contribution in [0.5, 0.6) is 0 Å². The lowest BCUT2D eigenvalue weighted by molar-refractivity contribution is -0.121. The minimum atomic E-state index is -0.301. The van der Waals surface area contributed by atoms with Gasteiger partial charge in [-0.3, -0.25) is 4.79 Å². The molecule has 23 heavy (non-hydrogen) atoms. The third kappa shape index (κ3) is 2.89. The summed E-state index contributed by atoms with van der Waals surface area (Å²) in [5, 5.41) is 9.63. The zero-order valence-corrected chi connectivity index (χ0v) is 13.1. The molecule has 7 heteroatoms. The van der Waals surface area contributed by atoms with E-state index in [1.54, 1.807) is 6.08 Å². The highest BCUT2D eigenvalue weighted by atomic mass is 32.2. The average Bonchev–Trinajstić information content (AvgIpc) is 3.06. The van der Waals surface area contributed by atoms with Crippen LogP contribution in [0, 0.1) is 11.3 Å². The van der Waals surface area contributed by atoms with E-state index in [9.17, 15) is 10.1 Å². The van der Waals surface area contributed by atoms with Crippen LogP contribution in [-0.4, -0.2) is 29.0 Å². The number of hydrogen-bond donors (Lipinski definition) is 0. The van der Waals surface area contributed by atoms with Crippen molar-refractivity contribution in [3.05, 3.63) is 52.3 Å². The summed E-state index contributed by atoms with van der Waals surface area (Å²) in [6.07, 6.45) is 2.95. The topological polar surface area (TPSA) is 78.0 Å². The van der Waals surface area contributed by atoms with Crippen molar-refractivity contribution in [2.24, 2.45) is 9.98 Å². The van der Waals surface area contributed by atoms with E-state index in [-0.39, 0.29) is 11.7 Å². The van der Waals surface area contributed by atoms with Crippen LogP contribution in [0.15, 0.2) is 56.7 Å². The quantitative estimate of drug-likeness (QED) is 0.485. The second-order valence-electron chi connectivity index (χ2n) is 4.53. The van der Waals surface area contributed by atoms with Gasteiger partial charge < -0.3 is 4.74 Å². The molecule has 6 nitrogen and oxygen atoms in total. The molecule has 0 aromatic heterocycles. The average molecular weight is 324 g/mol. The molecular formula is C16H12N4O2S. The number of amidine groups is 1. The van der Waals surface area contributed by atoms with Crippen molar-refractivity contribution in [3.8, 4) is 6.07 Å². The highest BCUT2D eigenvalue weighted by molar-refractivity contribution is 8.17. The SMILES string of the molecule is CCO/C=N/C1=C(C#N)SC2=NC(=Cc3ccccc3)C(=O)N21. The number of allylic oxidation sites excluding steroid dienone is 1. The first-order chi connectivity index (χ1) is 11.2. The van der Waals surface area contributed by atoms with Crippen molar-refractivity contribution in [1.82, 2.24) is 4.90 Å². The Balaban J connectivity index is 1.91. The maximum Gasteiger partial charge on any atom is 0.284 e. The Kier molecular flexibility index (Phi) is 4.26. The number of ether oxygens (including phenoxy) is 1. The standard InChI is InChI=1S/C16H12N4O2S/c1-2-22-10-18-14-13(9-17)23-16-19-12(15(21)20(14)16)8-11-6-4-3-5-7-11/h3-8,10H,2H2,1H3/b12-8?,18-10+. The second-order valence-corrected chi connectivity index (χ2v) is 5.51. The van der Waals surface area contributed by atoms with Gasteiger partial charge in [0.05, 0.1) is 6.61 Å². The van der Waals surface area contributed by atoms with E-state index in [1.807, 2.05) is 43.3 Å². The lowest BCUT2D eigenvalue weighted by Crippen LogP contribution is -2.25. The van der Waals surface area contributed by atoms with E-state index in [0.29, 0.717) is 22.4 Å². The van der Waals surface area contributed by atoms with E-state index in [1.165, 1.54) is 11.3 Å². The Morgan fingerprint density at radius 1 is 1.43 bits per heavy atom. The highest BCUT2D eigenvalue weighted by Gasteiger charge is 2.41. The highest BCUT2D eigenvalue weighted by Crippen LogP contribution is 2.39.